The first-order valence-electron chi connectivity index (χ1n) is 10.3. The molecule has 1 N–H and O–H groups in total. The van der Waals surface area contributed by atoms with Gasteiger partial charge in [0, 0.05) is 29.5 Å². The predicted octanol–water partition coefficient (Wildman–Crippen LogP) is 5.98. The van der Waals surface area contributed by atoms with Gasteiger partial charge < -0.3 is 9.84 Å². The van der Waals surface area contributed by atoms with Gasteiger partial charge in [-0.2, -0.15) is 4.98 Å². The molecule has 32 heavy (non-hydrogen) atoms. The Kier molecular flexibility index (Phi) is 7.02. The Balaban J connectivity index is 1.28. The summed E-state index contributed by atoms with van der Waals surface area (Å²) in [6.07, 6.45) is 0.692. The number of nitrogens with zero attached hydrogens (tertiary/aromatic N) is 3. The summed E-state index contributed by atoms with van der Waals surface area (Å²) in [5, 5.41) is 9.06. The Morgan fingerprint density at radius 3 is 2.72 bits per heavy atom. The van der Waals surface area contributed by atoms with Crippen LogP contribution in [0.4, 0.5) is 5.69 Å². The third-order valence-corrected chi connectivity index (χ3v) is 7.20. The van der Waals surface area contributed by atoms with Crippen LogP contribution >= 0.6 is 23.1 Å². The van der Waals surface area contributed by atoms with Crippen LogP contribution < -0.4 is 5.32 Å². The standard InChI is InChI=1S/C24H24N4O2S2/c1-15-8-6-10-19(17(15)3)25-22(29)11-12-23-27-21(28-30-23)14-32-24-26-20(13-31-24)18-9-5-4-7-16(18)2/h4-10,13H,11-12,14H2,1-3H3,(H,25,29). The van der Waals surface area contributed by atoms with Crippen LogP contribution in [0.1, 0.15) is 34.8 Å². The first-order valence-corrected chi connectivity index (χ1v) is 12.2. The number of benzene rings is 2. The lowest BCUT2D eigenvalue weighted by molar-refractivity contribution is -0.116. The molecule has 164 valence electrons. The molecule has 0 unspecified atom stereocenters. The highest BCUT2D eigenvalue weighted by molar-refractivity contribution is 8.00. The van der Waals surface area contributed by atoms with Crippen LogP contribution in [0, 0.1) is 20.8 Å². The van der Waals surface area contributed by atoms with Crippen molar-refractivity contribution in [3.8, 4) is 11.3 Å². The van der Waals surface area contributed by atoms with Crippen LogP contribution in [-0.4, -0.2) is 21.0 Å². The second-order valence-electron chi connectivity index (χ2n) is 7.50. The van der Waals surface area contributed by atoms with Gasteiger partial charge in [-0.15, -0.1) is 11.3 Å². The van der Waals surface area contributed by atoms with E-state index in [-0.39, 0.29) is 12.3 Å². The van der Waals surface area contributed by atoms with E-state index < -0.39 is 0 Å². The number of hydrogen-bond donors (Lipinski definition) is 1. The van der Waals surface area contributed by atoms with Gasteiger partial charge in [0.2, 0.25) is 11.8 Å². The van der Waals surface area contributed by atoms with Crippen molar-refractivity contribution in [2.45, 2.75) is 43.7 Å². The summed E-state index contributed by atoms with van der Waals surface area (Å²) in [5.74, 6) is 1.57. The van der Waals surface area contributed by atoms with Gasteiger partial charge >= 0.3 is 0 Å². The van der Waals surface area contributed by atoms with E-state index in [1.807, 2.05) is 44.2 Å². The Labute approximate surface area is 195 Å². The van der Waals surface area contributed by atoms with E-state index in [4.69, 9.17) is 9.51 Å². The maximum absolute atomic E-state index is 12.3. The van der Waals surface area contributed by atoms with Crippen molar-refractivity contribution in [1.82, 2.24) is 15.1 Å². The number of aromatic nitrogens is 3. The molecule has 0 fully saturated rings. The Morgan fingerprint density at radius 1 is 1.06 bits per heavy atom. The lowest BCUT2D eigenvalue weighted by Gasteiger charge is -2.09. The first kappa shape index (κ1) is 22.2. The van der Waals surface area contributed by atoms with Crippen molar-refractivity contribution in [3.05, 3.63) is 76.3 Å². The fourth-order valence-corrected chi connectivity index (χ4v) is 4.87. The first-order chi connectivity index (χ1) is 15.5. The number of thioether (sulfide) groups is 1. The fraction of sp³-hybridized carbons (Fsp3) is 0.250. The van der Waals surface area contributed by atoms with E-state index in [1.54, 1.807) is 23.1 Å². The van der Waals surface area contributed by atoms with Crippen LogP contribution in [0.15, 0.2) is 56.7 Å². The summed E-state index contributed by atoms with van der Waals surface area (Å²) in [4.78, 5) is 21.4. The summed E-state index contributed by atoms with van der Waals surface area (Å²) in [6, 6.07) is 14.1. The number of carbonyl (C=O) groups is 1. The minimum atomic E-state index is -0.0701. The number of anilines is 1. The van der Waals surface area contributed by atoms with Gasteiger partial charge in [-0.3, -0.25) is 4.79 Å². The highest BCUT2D eigenvalue weighted by Crippen LogP contribution is 2.31. The van der Waals surface area contributed by atoms with E-state index in [0.29, 0.717) is 23.9 Å². The highest BCUT2D eigenvalue weighted by atomic mass is 32.2. The molecule has 1 amide bonds. The molecule has 2 heterocycles. The number of aryl methyl sites for hydroxylation is 3. The van der Waals surface area contributed by atoms with Crippen molar-refractivity contribution in [3.63, 3.8) is 0 Å². The molecule has 0 aliphatic heterocycles. The maximum Gasteiger partial charge on any atom is 0.227 e. The monoisotopic (exact) mass is 464 g/mol. The molecule has 0 bridgehead atoms. The number of rotatable bonds is 8. The van der Waals surface area contributed by atoms with Gasteiger partial charge in [0.15, 0.2) is 10.2 Å². The van der Waals surface area contributed by atoms with Crippen molar-refractivity contribution in [2.24, 2.45) is 0 Å². The number of amides is 1. The van der Waals surface area contributed by atoms with Gasteiger partial charge in [-0.05, 0) is 43.5 Å². The number of hydrogen-bond acceptors (Lipinski definition) is 7. The molecule has 0 radical (unpaired) electrons. The average Bonchev–Trinajstić information content (AvgIpc) is 3.44. The van der Waals surface area contributed by atoms with E-state index in [9.17, 15) is 4.79 Å². The van der Waals surface area contributed by atoms with Gasteiger partial charge in [0.25, 0.3) is 0 Å². The second-order valence-corrected chi connectivity index (χ2v) is 9.58. The Bertz CT molecular complexity index is 1230. The van der Waals surface area contributed by atoms with Crippen LogP contribution in [-0.2, 0) is 17.0 Å². The van der Waals surface area contributed by atoms with Crippen LogP contribution in [0.2, 0.25) is 0 Å². The van der Waals surface area contributed by atoms with Gasteiger partial charge in [-0.25, -0.2) is 4.98 Å². The number of carbonyl (C=O) groups excluding carboxylic acids is 1. The van der Waals surface area contributed by atoms with Crippen molar-refractivity contribution < 1.29 is 9.32 Å². The van der Waals surface area contributed by atoms with Crippen molar-refractivity contribution >= 4 is 34.7 Å². The third kappa shape index (κ3) is 5.44. The quantitative estimate of drug-likeness (QED) is 0.323. The molecule has 0 spiro atoms. The molecule has 0 aliphatic rings. The van der Waals surface area contributed by atoms with E-state index in [2.05, 4.69) is 39.9 Å². The molecule has 8 heteroatoms. The van der Waals surface area contributed by atoms with Gasteiger partial charge in [0.1, 0.15) is 0 Å². The normalized spacial score (nSPS) is 11.0. The smallest absolute Gasteiger partial charge is 0.227 e. The molecule has 0 saturated carbocycles. The SMILES string of the molecule is Cc1ccccc1-c1csc(SCc2noc(CCC(=O)Nc3cccc(C)c3C)n2)n1. The van der Waals surface area contributed by atoms with Crippen LogP contribution in [0.25, 0.3) is 11.3 Å². The number of nitrogens with one attached hydrogen (secondary N) is 1. The number of thiazole rings is 1. The van der Waals surface area contributed by atoms with E-state index >= 15 is 0 Å². The molecule has 0 atom stereocenters. The molecule has 4 aromatic rings. The molecule has 0 saturated heterocycles. The Hall–Kier alpha value is -2.97. The molecule has 2 aromatic carbocycles. The third-order valence-electron chi connectivity index (χ3n) is 5.18. The van der Waals surface area contributed by atoms with E-state index in [1.165, 1.54) is 5.56 Å². The second kappa shape index (κ2) is 10.1. The lowest BCUT2D eigenvalue weighted by Crippen LogP contribution is -2.13. The minimum absolute atomic E-state index is 0.0701. The molecule has 6 nitrogen and oxygen atoms in total. The molecular weight excluding hydrogens is 440 g/mol. The van der Waals surface area contributed by atoms with Crippen molar-refractivity contribution in [2.75, 3.05) is 5.32 Å². The zero-order valence-electron chi connectivity index (χ0n) is 18.2. The van der Waals surface area contributed by atoms with Crippen LogP contribution in [0.5, 0.6) is 0 Å². The Morgan fingerprint density at radius 2 is 1.88 bits per heavy atom. The maximum atomic E-state index is 12.3. The minimum Gasteiger partial charge on any atom is -0.339 e. The summed E-state index contributed by atoms with van der Waals surface area (Å²) >= 11 is 3.19. The topological polar surface area (TPSA) is 80.9 Å². The molecule has 2 aromatic heterocycles. The molecule has 0 aliphatic carbocycles. The van der Waals surface area contributed by atoms with Crippen molar-refractivity contribution in [1.29, 1.82) is 0 Å². The van der Waals surface area contributed by atoms with E-state index in [0.717, 1.165) is 32.4 Å². The van der Waals surface area contributed by atoms with Gasteiger partial charge in [0.05, 0.1) is 11.4 Å². The zero-order chi connectivity index (χ0) is 22.5. The van der Waals surface area contributed by atoms with Crippen LogP contribution in [0.3, 0.4) is 0 Å². The summed E-state index contributed by atoms with van der Waals surface area (Å²) in [7, 11) is 0. The molecule has 4 rings (SSSR count). The summed E-state index contributed by atoms with van der Waals surface area (Å²) in [6.45, 7) is 6.11. The summed E-state index contributed by atoms with van der Waals surface area (Å²) in [5.41, 5.74) is 6.40. The summed E-state index contributed by atoms with van der Waals surface area (Å²) < 4.78 is 6.28. The highest BCUT2D eigenvalue weighted by Gasteiger charge is 2.13. The predicted molar refractivity (Wildman–Crippen MR) is 129 cm³/mol. The zero-order valence-corrected chi connectivity index (χ0v) is 19.8. The fourth-order valence-electron chi connectivity index (χ4n) is 3.20. The average molecular weight is 465 g/mol. The lowest BCUT2D eigenvalue weighted by atomic mass is 10.1. The van der Waals surface area contributed by atoms with Gasteiger partial charge in [-0.1, -0.05) is 53.3 Å². The largest absolute Gasteiger partial charge is 0.339 e. The molecular formula is C24H24N4O2S2.